The van der Waals surface area contributed by atoms with Crippen LogP contribution < -0.4 is 5.32 Å². The second kappa shape index (κ2) is 5.65. The van der Waals surface area contributed by atoms with Gasteiger partial charge in [-0.2, -0.15) is 0 Å². The summed E-state index contributed by atoms with van der Waals surface area (Å²) in [6, 6.07) is 4.37. The lowest BCUT2D eigenvalue weighted by Crippen LogP contribution is -2.52. The van der Waals surface area contributed by atoms with Crippen LogP contribution in [0.2, 0.25) is 10.0 Å². The van der Waals surface area contributed by atoms with E-state index in [0.29, 0.717) is 15.6 Å². The van der Waals surface area contributed by atoms with Crippen molar-refractivity contribution in [3.05, 3.63) is 33.8 Å². The van der Waals surface area contributed by atoms with E-state index in [1.807, 2.05) is 0 Å². The molecule has 0 bridgehead atoms. The van der Waals surface area contributed by atoms with Crippen molar-refractivity contribution in [1.29, 1.82) is 0 Å². The fourth-order valence-electron chi connectivity index (χ4n) is 2.87. The molecule has 2 saturated heterocycles. The van der Waals surface area contributed by atoms with Gasteiger partial charge in [0.25, 0.3) is 5.91 Å². The van der Waals surface area contributed by atoms with Gasteiger partial charge in [0.05, 0.1) is 28.1 Å². The fourth-order valence-corrected chi connectivity index (χ4v) is 4.71. The Balaban J connectivity index is 1.80. The molecule has 2 fully saturated rings. The minimum atomic E-state index is -3.13. The van der Waals surface area contributed by atoms with Crippen molar-refractivity contribution in [2.45, 2.75) is 24.9 Å². The van der Waals surface area contributed by atoms with Crippen molar-refractivity contribution in [2.75, 3.05) is 11.5 Å². The molecule has 2 aliphatic heterocycles. The number of hydrogen-bond acceptors (Lipinski definition) is 4. The fraction of sp³-hybridized carbons (Fsp3) is 0.429. The van der Waals surface area contributed by atoms with E-state index >= 15 is 0 Å². The van der Waals surface area contributed by atoms with Crippen LogP contribution in [0.25, 0.3) is 0 Å². The van der Waals surface area contributed by atoms with E-state index in [-0.39, 0.29) is 36.8 Å². The van der Waals surface area contributed by atoms with E-state index in [1.165, 1.54) is 0 Å². The summed E-state index contributed by atoms with van der Waals surface area (Å²) in [4.78, 5) is 25.9. The molecule has 0 aliphatic carbocycles. The minimum Gasteiger partial charge on any atom is -0.323 e. The molecule has 1 aromatic carbocycles. The van der Waals surface area contributed by atoms with E-state index in [0.717, 1.165) is 4.90 Å². The van der Waals surface area contributed by atoms with Crippen molar-refractivity contribution in [2.24, 2.45) is 0 Å². The zero-order chi connectivity index (χ0) is 16.8. The highest BCUT2D eigenvalue weighted by Crippen LogP contribution is 2.32. The summed E-state index contributed by atoms with van der Waals surface area (Å²) >= 11 is 11.8. The van der Waals surface area contributed by atoms with Crippen LogP contribution in [0.5, 0.6) is 0 Å². The first kappa shape index (κ1) is 16.5. The van der Waals surface area contributed by atoms with E-state index < -0.39 is 21.4 Å². The Morgan fingerprint density at radius 3 is 2.39 bits per heavy atom. The van der Waals surface area contributed by atoms with Gasteiger partial charge in [0, 0.05) is 0 Å². The topological polar surface area (TPSA) is 83.5 Å². The van der Waals surface area contributed by atoms with Gasteiger partial charge in [-0.3, -0.25) is 9.69 Å². The SMILES string of the molecule is O=C1NC2(CCS(=O)(=O)CC2)C(=O)N1Cc1ccc(Cl)c(Cl)c1. The molecule has 6 nitrogen and oxygen atoms in total. The zero-order valence-corrected chi connectivity index (χ0v) is 14.3. The summed E-state index contributed by atoms with van der Waals surface area (Å²) in [6.07, 6.45) is 0.218. The van der Waals surface area contributed by atoms with Crippen molar-refractivity contribution >= 4 is 45.0 Å². The highest BCUT2D eigenvalue weighted by Gasteiger charge is 2.53. The lowest BCUT2D eigenvalue weighted by atomic mass is 9.92. The molecule has 2 heterocycles. The number of amides is 3. The van der Waals surface area contributed by atoms with E-state index in [1.54, 1.807) is 18.2 Å². The highest BCUT2D eigenvalue weighted by molar-refractivity contribution is 7.91. The monoisotopic (exact) mass is 376 g/mol. The molecular formula is C14H14Cl2N2O4S. The minimum absolute atomic E-state index is 0.0655. The van der Waals surface area contributed by atoms with Crippen LogP contribution >= 0.6 is 23.2 Å². The molecule has 0 aromatic heterocycles. The predicted molar refractivity (Wildman–Crippen MR) is 86.2 cm³/mol. The van der Waals surface area contributed by atoms with Gasteiger partial charge in [-0.05, 0) is 30.5 Å². The second-order valence-electron chi connectivity index (χ2n) is 5.80. The summed E-state index contributed by atoms with van der Waals surface area (Å²) in [7, 11) is -3.13. The standard InChI is InChI=1S/C14H14Cl2N2O4S/c15-10-2-1-9(7-11(10)16)8-18-12(19)14(17-13(18)20)3-5-23(21,22)6-4-14/h1-2,7H,3-6,8H2,(H,17,20). The van der Waals surface area contributed by atoms with Crippen molar-refractivity contribution < 1.29 is 18.0 Å². The summed E-state index contributed by atoms with van der Waals surface area (Å²) in [6.45, 7) is 0.0655. The Hall–Kier alpha value is -1.31. The van der Waals surface area contributed by atoms with Crippen LogP contribution in [0.15, 0.2) is 18.2 Å². The average molecular weight is 377 g/mol. The first-order valence-electron chi connectivity index (χ1n) is 7.01. The normalized spacial score (nSPS) is 22.4. The molecule has 0 unspecified atom stereocenters. The Labute approximate surface area is 143 Å². The van der Waals surface area contributed by atoms with Gasteiger partial charge >= 0.3 is 6.03 Å². The maximum absolute atomic E-state index is 12.6. The van der Waals surface area contributed by atoms with Gasteiger partial charge in [0.15, 0.2) is 9.84 Å². The highest BCUT2D eigenvalue weighted by atomic mass is 35.5. The number of carbonyl (C=O) groups excluding carboxylic acids is 2. The zero-order valence-electron chi connectivity index (χ0n) is 12.0. The van der Waals surface area contributed by atoms with Gasteiger partial charge in [0.1, 0.15) is 5.54 Å². The number of urea groups is 1. The first-order chi connectivity index (χ1) is 10.7. The van der Waals surface area contributed by atoms with E-state index in [2.05, 4.69) is 5.32 Å². The largest absolute Gasteiger partial charge is 0.325 e. The van der Waals surface area contributed by atoms with Gasteiger partial charge in [-0.25, -0.2) is 13.2 Å². The van der Waals surface area contributed by atoms with Crippen LogP contribution in [0, 0.1) is 0 Å². The van der Waals surface area contributed by atoms with Gasteiger partial charge in [-0.15, -0.1) is 0 Å². The van der Waals surface area contributed by atoms with Gasteiger partial charge in [0.2, 0.25) is 0 Å². The lowest BCUT2D eigenvalue weighted by molar-refractivity contribution is -0.132. The molecule has 3 amide bonds. The Morgan fingerprint density at radius 1 is 1.13 bits per heavy atom. The van der Waals surface area contributed by atoms with Crippen molar-refractivity contribution in [3.8, 4) is 0 Å². The molecule has 2 aliphatic rings. The number of halogens is 2. The molecule has 1 spiro atoms. The number of benzene rings is 1. The number of nitrogens with zero attached hydrogens (tertiary/aromatic N) is 1. The smallest absolute Gasteiger partial charge is 0.323 e. The number of carbonyl (C=O) groups is 2. The number of sulfone groups is 1. The van der Waals surface area contributed by atoms with Crippen LogP contribution in [-0.2, 0) is 21.2 Å². The van der Waals surface area contributed by atoms with Gasteiger partial charge < -0.3 is 5.32 Å². The van der Waals surface area contributed by atoms with Gasteiger partial charge in [-0.1, -0.05) is 29.3 Å². The Morgan fingerprint density at radius 2 is 1.78 bits per heavy atom. The molecule has 0 atom stereocenters. The molecule has 3 rings (SSSR count). The summed E-state index contributed by atoms with van der Waals surface area (Å²) < 4.78 is 23.1. The number of rotatable bonds is 2. The summed E-state index contributed by atoms with van der Waals surface area (Å²) in [5.41, 5.74) is -0.429. The van der Waals surface area contributed by atoms with Crippen LogP contribution in [0.4, 0.5) is 4.79 Å². The molecule has 23 heavy (non-hydrogen) atoms. The third-order valence-electron chi connectivity index (χ3n) is 4.25. The molecule has 1 aromatic rings. The summed E-state index contributed by atoms with van der Waals surface area (Å²) in [5, 5.41) is 3.40. The third kappa shape index (κ3) is 3.05. The lowest BCUT2D eigenvalue weighted by Gasteiger charge is -2.30. The molecule has 1 N–H and O–H groups in total. The van der Waals surface area contributed by atoms with Crippen molar-refractivity contribution in [3.63, 3.8) is 0 Å². The Kier molecular flexibility index (Phi) is 4.06. The van der Waals surface area contributed by atoms with Crippen LogP contribution in [0.3, 0.4) is 0 Å². The van der Waals surface area contributed by atoms with Crippen LogP contribution in [-0.4, -0.2) is 42.3 Å². The molecule has 0 radical (unpaired) electrons. The molecule has 0 saturated carbocycles. The number of nitrogens with one attached hydrogen (secondary N) is 1. The first-order valence-corrected chi connectivity index (χ1v) is 9.59. The quantitative estimate of drug-likeness (QED) is 0.799. The molecule has 124 valence electrons. The van der Waals surface area contributed by atoms with E-state index in [9.17, 15) is 18.0 Å². The predicted octanol–water partition coefficient (Wildman–Crippen LogP) is 1.99. The summed E-state index contributed by atoms with van der Waals surface area (Å²) in [5.74, 6) is -0.581. The maximum Gasteiger partial charge on any atom is 0.325 e. The number of imide groups is 1. The Bertz CT molecular complexity index is 780. The third-order valence-corrected chi connectivity index (χ3v) is 6.64. The van der Waals surface area contributed by atoms with E-state index in [4.69, 9.17) is 23.2 Å². The average Bonchev–Trinajstić information content (AvgIpc) is 2.71. The molecular weight excluding hydrogens is 363 g/mol. The number of hydrogen-bond donors (Lipinski definition) is 1. The van der Waals surface area contributed by atoms with Crippen molar-refractivity contribution in [1.82, 2.24) is 10.2 Å². The maximum atomic E-state index is 12.6. The second-order valence-corrected chi connectivity index (χ2v) is 8.92. The van der Waals surface area contributed by atoms with Crippen LogP contribution in [0.1, 0.15) is 18.4 Å². The molecule has 9 heteroatoms.